The molecule has 0 spiro atoms. The molecule has 0 aromatic heterocycles. The highest BCUT2D eigenvalue weighted by molar-refractivity contribution is 5.00. The topological polar surface area (TPSA) is 3.24 Å². The van der Waals surface area contributed by atoms with Crippen LogP contribution in [0.15, 0.2) is 0 Å². The maximum absolute atomic E-state index is 2.84. The van der Waals surface area contributed by atoms with E-state index in [1.54, 1.807) is 38.5 Å². The van der Waals surface area contributed by atoms with Crippen molar-refractivity contribution in [3.63, 3.8) is 0 Å². The molecule has 0 aromatic carbocycles. The monoisotopic (exact) mass is 275 g/mol. The van der Waals surface area contributed by atoms with Gasteiger partial charge in [-0.15, -0.1) is 0 Å². The third-order valence-electron chi connectivity index (χ3n) is 7.32. The molecule has 4 atom stereocenters. The van der Waals surface area contributed by atoms with Crippen LogP contribution in [0.25, 0.3) is 0 Å². The summed E-state index contributed by atoms with van der Waals surface area (Å²) in [5, 5.41) is 0. The smallest absolute Gasteiger partial charge is 0.00152 e. The van der Waals surface area contributed by atoms with Crippen molar-refractivity contribution >= 4 is 0 Å². The lowest BCUT2D eigenvalue weighted by Gasteiger charge is -2.36. The van der Waals surface area contributed by atoms with Crippen LogP contribution in [0.2, 0.25) is 0 Å². The average molecular weight is 275 g/mol. The standard InChI is InChI=1S/C19H33N/c1-6-12-20(13-7-1)14-19-17-10-4-2-8-15(17)16-9-3-5-11-18(16)19/h15-19H,1-14H2. The fourth-order valence-electron chi connectivity index (χ4n) is 6.53. The Kier molecular flexibility index (Phi) is 4.07. The predicted molar refractivity (Wildman–Crippen MR) is 84.7 cm³/mol. The molecule has 4 rings (SSSR count). The van der Waals surface area contributed by atoms with Gasteiger partial charge in [0, 0.05) is 6.54 Å². The number of hydrogen-bond acceptors (Lipinski definition) is 1. The molecule has 1 heterocycles. The van der Waals surface area contributed by atoms with Crippen LogP contribution in [0.5, 0.6) is 0 Å². The van der Waals surface area contributed by atoms with E-state index in [1.165, 1.54) is 51.7 Å². The molecule has 0 radical (unpaired) electrons. The molecule has 0 amide bonds. The molecule has 1 saturated heterocycles. The average Bonchev–Trinajstić information content (AvgIpc) is 2.84. The molecule has 4 fully saturated rings. The minimum Gasteiger partial charge on any atom is -0.303 e. The fraction of sp³-hybridized carbons (Fsp3) is 1.00. The second-order valence-electron chi connectivity index (χ2n) is 8.25. The SMILES string of the molecule is C1CCN(CC2C3CCCCC3C3CCCCC32)CC1. The second-order valence-corrected chi connectivity index (χ2v) is 8.25. The van der Waals surface area contributed by atoms with Gasteiger partial charge >= 0.3 is 0 Å². The first kappa shape index (κ1) is 13.6. The van der Waals surface area contributed by atoms with E-state index in [0.717, 1.165) is 29.6 Å². The minimum absolute atomic E-state index is 1.09. The van der Waals surface area contributed by atoms with E-state index in [2.05, 4.69) is 4.90 Å². The van der Waals surface area contributed by atoms with Crippen molar-refractivity contribution in [2.24, 2.45) is 29.6 Å². The minimum atomic E-state index is 1.09. The lowest BCUT2D eigenvalue weighted by atomic mass is 9.73. The normalized spacial score (nSPS) is 45.9. The lowest BCUT2D eigenvalue weighted by molar-refractivity contribution is 0.127. The summed E-state index contributed by atoms with van der Waals surface area (Å²) in [7, 11) is 0. The maximum Gasteiger partial charge on any atom is 0.00152 e. The van der Waals surface area contributed by atoms with Crippen LogP contribution in [0.4, 0.5) is 0 Å². The number of nitrogens with zero attached hydrogens (tertiary/aromatic N) is 1. The molecule has 1 aliphatic heterocycles. The van der Waals surface area contributed by atoms with Gasteiger partial charge in [0.15, 0.2) is 0 Å². The van der Waals surface area contributed by atoms with Gasteiger partial charge in [0.1, 0.15) is 0 Å². The number of hydrogen-bond donors (Lipinski definition) is 0. The largest absolute Gasteiger partial charge is 0.303 e. The zero-order valence-electron chi connectivity index (χ0n) is 13.2. The van der Waals surface area contributed by atoms with Crippen molar-refractivity contribution in [2.45, 2.75) is 70.6 Å². The van der Waals surface area contributed by atoms with Gasteiger partial charge in [-0.25, -0.2) is 0 Å². The quantitative estimate of drug-likeness (QED) is 0.705. The number of rotatable bonds is 2. The van der Waals surface area contributed by atoms with Crippen molar-refractivity contribution in [2.75, 3.05) is 19.6 Å². The van der Waals surface area contributed by atoms with E-state index < -0.39 is 0 Å². The molecule has 0 aromatic rings. The Morgan fingerprint density at radius 1 is 0.550 bits per heavy atom. The highest BCUT2D eigenvalue weighted by Gasteiger charge is 2.50. The number of likely N-dealkylation sites (tertiary alicyclic amines) is 1. The highest BCUT2D eigenvalue weighted by Crippen LogP contribution is 2.57. The van der Waals surface area contributed by atoms with Crippen molar-refractivity contribution in [1.29, 1.82) is 0 Å². The first-order valence-electron chi connectivity index (χ1n) is 9.66. The first-order valence-corrected chi connectivity index (χ1v) is 9.66. The maximum atomic E-state index is 2.84. The van der Waals surface area contributed by atoms with E-state index in [9.17, 15) is 0 Å². The first-order chi connectivity index (χ1) is 9.93. The summed E-state index contributed by atoms with van der Waals surface area (Å²) in [5.74, 6) is 5.62. The summed E-state index contributed by atoms with van der Waals surface area (Å²) in [4.78, 5) is 2.84. The van der Waals surface area contributed by atoms with E-state index in [4.69, 9.17) is 0 Å². The lowest BCUT2D eigenvalue weighted by Crippen LogP contribution is -2.38. The molecular weight excluding hydrogens is 242 g/mol. The zero-order valence-corrected chi connectivity index (χ0v) is 13.2. The Morgan fingerprint density at radius 3 is 1.60 bits per heavy atom. The Morgan fingerprint density at radius 2 is 1.05 bits per heavy atom. The van der Waals surface area contributed by atoms with E-state index >= 15 is 0 Å². The summed E-state index contributed by atoms with van der Waals surface area (Å²) in [6.45, 7) is 4.29. The molecule has 0 N–H and O–H groups in total. The van der Waals surface area contributed by atoms with Crippen LogP contribution in [-0.2, 0) is 0 Å². The van der Waals surface area contributed by atoms with Crippen molar-refractivity contribution in [3.8, 4) is 0 Å². The van der Waals surface area contributed by atoms with Gasteiger partial charge in [-0.2, -0.15) is 0 Å². The molecular formula is C19H33N. The molecule has 1 nitrogen and oxygen atoms in total. The summed E-state index contributed by atoms with van der Waals surface area (Å²) in [6, 6.07) is 0. The summed E-state index contributed by atoms with van der Waals surface area (Å²) < 4.78 is 0. The Balaban J connectivity index is 1.49. The Bertz CT molecular complexity index is 298. The van der Waals surface area contributed by atoms with Gasteiger partial charge in [0.25, 0.3) is 0 Å². The number of fused-ring (bicyclic) bond motifs is 3. The fourth-order valence-corrected chi connectivity index (χ4v) is 6.53. The number of piperidine rings is 1. The van der Waals surface area contributed by atoms with Gasteiger partial charge < -0.3 is 4.90 Å². The molecule has 0 bridgehead atoms. The van der Waals surface area contributed by atoms with Crippen molar-refractivity contribution < 1.29 is 0 Å². The zero-order chi connectivity index (χ0) is 13.4. The second kappa shape index (κ2) is 5.99. The van der Waals surface area contributed by atoms with Gasteiger partial charge in [0.2, 0.25) is 0 Å². The van der Waals surface area contributed by atoms with Gasteiger partial charge in [-0.3, -0.25) is 0 Å². The van der Waals surface area contributed by atoms with E-state index in [-0.39, 0.29) is 0 Å². The summed E-state index contributed by atoms with van der Waals surface area (Å²) >= 11 is 0. The molecule has 20 heavy (non-hydrogen) atoms. The third kappa shape index (κ3) is 2.45. The molecule has 4 unspecified atom stereocenters. The van der Waals surface area contributed by atoms with Crippen molar-refractivity contribution in [1.82, 2.24) is 4.90 Å². The molecule has 114 valence electrons. The van der Waals surface area contributed by atoms with Crippen LogP contribution in [0.3, 0.4) is 0 Å². The van der Waals surface area contributed by atoms with Gasteiger partial charge in [-0.05, 0) is 81.2 Å². The van der Waals surface area contributed by atoms with Crippen LogP contribution >= 0.6 is 0 Å². The van der Waals surface area contributed by atoms with E-state index in [0.29, 0.717) is 0 Å². The van der Waals surface area contributed by atoms with Crippen LogP contribution in [0, 0.1) is 29.6 Å². The van der Waals surface area contributed by atoms with Crippen LogP contribution < -0.4 is 0 Å². The van der Waals surface area contributed by atoms with Crippen LogP contribution in [-0.4, -0.2) is 24.5 Å². The van der Waals surface area contributed by atoms with Gasteiger partial charge in [-0.1, -0.05) is 32.1 Å². The van der Waals surface area contributed by atoms with E-state index in [1.807, 2.05) is 0 Å². The molecule has 3 saturated carbocycles. The third-order valence-corrected chi connectivity index (χ3v) is 7.32. The Labute approximate surface area is 125 Å². The molecule has 3 aliphatic carbocycles. The molecule has 4 aliphatic rings. The highest BCUT2D eigenvalue weighted by atomic mass is 15.1. The summed E-state index contributed by atoms with van der Waals surface area (Å²) in [6.07, 6.45) is 16.9. The van der Waals surface area contributed by atoms with Crippen molar-refractivity contribution in [3.05, 3.63) is 0 Å². The molecule has 1 heteroatoms. The summed E-state index contributed by atoms with van der Waals surface area (Å²) in [5.41, 5.74) is 0. The Hall–Kier alpha value is -0.0400. The van der Waals surface area contributed by atoms with Crippen LogP contribution in [0.1, 0.15) is 70.6 Å². The predicted octanol–water partition coefficient (Wildman–Crippen LogP) is 4.71. The van der Waals surface area contributed by atoms with Gasteiger partial charge in [0.05, 0.1) is 0 Å².